The lowest BCUT2D eigenvalue weighted by Crippen LogP contribution is -2.50. The second-order valence-electron chi connectivity index (χ2n) is 4.26. The number of hydrogen-bond donors (Lipinski definition) is 1. The van der Waals surface area contributed by atoms with Crippen molar-refractivity contribution in [3.8, 4) is 0 Å². The van der Waals surface area contributed by atoms with E-state index in [4.69, 9.17) is 22.7 Å². The maximum absolute atomic E-state index is 13.8. The van der Waals surface area contributed by atoms with E-state index >= 15 is 0 Å². The first-order valence-electron chi connectivity index (χ1n) is 5.75. The average Bonchev–Trinajstić information content (AvgIpc) is 2.37. The highest BCUT2D eigenvalue weighted by atomic mass is 79.9. The second kappa shape index (κ2) is 6.11. The first-order valence-corrected chi connectivity index (χ1v) is 6.95. The van der Waals surface area contributed by atoms with Crippen molar-refractivity contribution in [3.63, 3.8) is 0 Å². The Morgan fingerprint density at radius 1 is 1.45 bits per heavy atom. The van der Waals surface area contributed by atoms with Gasteiger partial charge in [0.2, 0.25) is 0 Å². The smallest absolute Gasteiger partial charge is 0.260 e. The van der Waals surface area contributed by atoms with Crippen LogP contribution in [0.4, 0.5) is 8.78 Å². The van der Waals surface area contributed by atoms with Crippen molar-refractivity contribution in [2.75, 3.05) is 19.7 Å². The molecule has 1 aromatic rings. The van der Waals surface area contributed by atoms with E-state index in [1.54, 1.807) is 0 Å². The Bertz CT molecular complexity index is 547. The quantitative estimate of drug-likeness (QED) is 0.813. The highest BCUT2D eigenvalue weighted by Gasteiger charge is 2.29. The highest BCUT2D eigenvalue weighted by molar-refractivity contribution is 9.10. The Hall–Kier alpha value is -1.12. The van der Waals surface area contributed by atoms with Gasteiger partial charge < -0.3 is 15.4 Å². The summed E-state index contributed by atoms with van der Waals surface area (Å²) >= 11 is 7.76. The Kier molecular flexibility index (Phi) is 4.66. The highest BCUT2D eigenvalue weighted by Crippen LogP contribution is 2.21. The minimum atomic E-state index is -0.916. The molecule has 0 aliphatic carbocycles. The summed E-state index contributed by atoms with van der Waals surface area (Å²) in [4.78, 5) is 13.6. The number of hydrogen-bond acceptors (Lipinski definition) is 3. The van der Waals surface area contributed by atoms with E-state index < -0.39 is 29.2 Å². The van der Waals surface area contributed by atoms with E-state index in [0.717, 1.165) is 12.1 Å². The van der Waals surface area contributed by atoms with Gasteiger partial charge in [-0.15, -0.1) is 0 Å². The van der Waals surface area contributed by atoms with Gasteiger partial charge in [-0.3, -0.25) is 4.79 Å². The molecule has 0 radical (unpaired) electrons. The Labute approximate surface area is 128 Å². The minimum absolute atomic E-state index is 0.0864. The third kappa shape index (κ3) is 3.13. The summed E-state index contributed by atoms with van der Waals surface area (Å²) in [7, 11) is 0. The fourth-order valence-corrected chi connectivity index (χ4v) is 2.46. The van der Waals surface area contributed by atoms with Crippen molar-refractivity contribution in [1.82, 2.24) is 4.90 Å². The molecule has 1 aliphatic heterocycles. The van der Waals surface area contributed by atoms with Gasteiger partial charge in [-0.25, -0.2) is 8.78 Å². The third-order valence-electron chi connectivity index (χ3n) is 2.89. The number of ether oxygens (including phenoxy) is 1. The number of nitrogens with zero attached hydrogens (tertiary/aromatic N) is 1. The summed E-state index contributed by atoms with van der Waals surface area (Å²) in [5, 5.41) is 0. The van der Waals surface area contributed by atoms with Gasteiger partial charge in [-0.05, 0) is 12.1 Å². The van der Waals surface area contributed by atoms with Crippen molar-refractivity contribution in [2.24, 2.45) is 5.73 Å². The van der Waals surface area contributed by atoms with E-state index in [9.17, 15) is 13.6 Å². The molecule has 108 valence electrons. The fourth-order valence-electron chi connectivity index (χ4n) is 1.91. The van der Waals surface area contributed by atoms with Gasteiger partial charge >= 0.3 is 0 Å². The lowest BCUT2D eigenvalue weighted by molar-refractivity contribution is 0.00832. The molecule has 2 rings (SSSR count). The van der Waals surface area contributed by atoms with Gasteiger partial charge in [0.25, 0.3) is 5.91 Å². The van der Waals surface area contributed by atoms with Crippen LogP contribution in [-0.2, 0) is 4.74 Å². The Balaban J connectivity index is 2.25. The molecule has 0 aromatic heterocycles. The van der Waals surface area contributed by atoms with E-state index in [1.807, 2.05) is 0 Å². The number of halogens is 3. The summed E-state index contributed by atoms with van der Waals surface area (Å²) in [6, 6.07) is 2.09. The largest absolute Gasteiger partial charge is 0.391 e. The number of thiocarbonyl (C=S) groups is 1. The van der Waals surface area contributed by atoms with Crippen LogP contribution < -0.4 is 5.73 Å². The molecular formula is C12H11BrF2N2O2S. The number of amides is 1. The zero-order valence-corrected chi connectivity index (χ0v) is 12.6. The summed E-state index contributed by atoms with van der Waals surface area (Å²) in [6.07, 6.45) is -0.593. The zero-order chi connectivity index (χ0) is 14.9. The molecular weight excluding hydrogens is 354 g/mol. The van der Waals surface area contributed by atoms with Gasteiger partial charge in [-0.1, -0.05) is 28.1 Å². The number of carbonyl (C=O) groups excluding carboxylic acids is 1. The fraction of sp³-hybridized carbons (Fsp3) is 0.333. The molecule has 1 atom stereocenters. The van der Waals surface area contributed by atoms with Crippen LogP contribution in [-0.4, -0.2) is 41.6 Å². The summed E-state index contributed by atoms with van der Waals surface area (Å²) in [5.74, 6) is -2.57. The van der Waals surface area contributed by atoms with Gasteiger partial charge in [0, 0.05) is 11.0 Å². The first-order chi connectivity index (χ1) is 9.40. The molecule has 2 N–H and O–H groups in total. The van der Waals surface area contributed by atoms with Gasteiger partial charge in [0.15, 0.2) is 0 Å². The van der Waals surface area contributed by atoms with Crippen molar-refractivity contribution < 1.29 is 18.3 Å². The molecule has 4 nitrogen and oxygen atoms in total. The second-order valence-corrected chi connectivity index (χ2v) is 5.64. The molecule has 1 heterocycles. The number of nitrogens with two attached hydrogens (primary N) is 1. The maximum Gasteiger partial charge on any atom is 0.260 e. The lowest BCUT2D eigenvalue weighted by Gasteiger charge is -2.32. The molecule has 1 amide bonds. The van der Waals surface area contributed by atoms with Crippen molar-refractivity contribution in [2.45, 2.75) is 6.10 Å². The van der Waals surface area contributed by atoms with Crippen LogP contribution in [0.5, 0.6) is 0 Å². The zero-order valence-electron chi connectivity index (χ0n) is 10.2. The standard InChI is InChI=1S/C12H11BrF2N2O2S/c13-6-3-7(14)10(8(15)4-6)12(18)17-1-2-19-9(5-17)11(16)20/h3-4,9H,1-2,5H2,(H2,16,20). The number of benzene rings is 1. The van der Waals surface area contributed by atoms with Crippen LogP contribution in [0.15, 0.2) is 16.6 Å². The molecule has 8 heteroatoms. The van der Waals surface area contributed by atoms with Crippen LogP contribution >= 0.6 is 28.1 Å². The van der Waals surface area contributed by atoms with Crippen molar-refractivity contribution in [1.29, 1.82) is 0 Å². The molecule has 20 heavy (non-hydrogen) atoms. The van der Waals surface area contributed by atoms with E-state index in [0.29, 0.717) is 0 Å². The van der Waals surface area contributed by atoms with Gasteiger partial charge in [0.05, 0.1) is 13.2 Å². The Morgan fingerprint density at radius 2 is 2.05 bits per heavy atom. The molecule has 1 aliphatic rings. The monoisotopic (exact) mass is 364 g/mol. The molecule has 0 spiro atoms. The molecule has 1 fully saturated rings. The minimum Gasteiger partial charge on any atom is -0.391 e. The van der Waals surface area contributed by atoms with Crippen LogP contribution in [0.2, 0.25) is 0 Å². The SMILES string of the molecule is NC(=S)C1CN(C(=O)c2c(F)cc(Br)cc2F)CCO1. The summed E-state index contributed by atoms with van der Waals surface area (Å²) < 4.78 is 33.1. The predicted octanol–water partition coefficient (Wildman–Crippen LogP) is 1.85. The molecule has 0 bridgehead atoms. The first kappa shape index (κ1) is 15.3. The van der Waals surface area contributed by atoms with Crippen LogP contribution in [0.25, 0.3) is 0 Å². The Morgan fingerprint density at radius 3 is 2.60 bits per heavy atom. The van der Waals surface area contributed by atoms with Gasteiger partial charge in [0.1, 0.15) is 28.3 Å². The molecule has 1 aromatic carbocycles. The average molecular weight is 365 g/mol. The third-order valence-corrected chi connectivity index (χ3v) is 3.61. The summed E-state index contributed by atoms with van der Waals surface area (Å²) in [5.41, 5.74) is 4.88. The normalized spacial score (nSPS) is 18.9. The van der Waals surface area contributed by atoms with Gasteiger partial charge in [-0.2, -0.15) is 0 Å². The van der Waals surface area contributed by atoms with Crippen molar-refractivity contribution >= 4 is 39.0 Å². The number of rotatable bonds is 2. The van der Waals surface area contributed by atoms with E-state index in [2.05, 4.69) is 15.9 Å². The maximum atomic E-state index is 13.8. The number of morpholine rings is 1. The predicted molar refractivity (Wildman–Crippen MR) is 76.5 cm³/mol. The number of carbonyl (C=O) groups is 1. The molecule has 1 saturated heterocycles. The van der Waals surface area contributed by atoms with Crippen LogP contribution in [0.1, 0.15) is 10.4 Å². The molecule has 0 saturated carbocycles. The van der Waals surface area contributed by atoms with Crippen LogP contribution in [0, 0.1) is 11.6 Å². The van der Waals surface area contributed by atoms with Crippen LogP contribution in [0.3, 0.4) is 0 Å². The van der Waals surface area contributed by atoms with Crippen molar-refractivity contribution in [3.05, 3.63) is 33.8 Å². The van der Waals surface area contributed by atoms with E-state index in [-0.39, 0.29) is 29.2 Å². The molecule has 1 unspecified atom stereocenters. The topological polar surface area (TPSA) is 55.6 Å². The lowest BCUT2D eigenvalue weighted by atomic mass is 10.1. The van der Waals surface area contributed by atoms with E-state index in [1.165, 1.54) is 4.90 Å². The summed E-state index contributed by atoms with van der Waals surface area (Å²) in [6.45, 7) is 0.531.